The Kier molecular flexibility index (Phi) is 3.67. The number of urea groups is 1. The first-order valence-electron chi connectivity index (χ1n) is 6.71. The van der Waals surface area contributed by atoms with Crippen LogP contribution in [0.3, 0.4) is 0 Å². The van der Waals surface area contributed by atoms with E-state index in [0.29, 0.717) is 12.1 Å². The molecule has 0 atom stereocenters. The number of halogens is 1. The summed E-state index contributed by atoms with van der Waals surface area (Å²) in [7, 11) is 0. The van der Waals surface area contributed by atoms with Gasteiger partial charge in [0.05, 0.1) is 13.1 Å². The van der Waals surface area contributed by atoms with Crippen LogP contribution in [0.15, 0.2) is 18.2 Å². The van der Waals surface area contributed by atoms with Gasteiger partial charge in [-0.3, -0.25) is 14.9 Å². The Bertz CT molecular complexity index is 632. The Morgan fingerprint density at radius 1 is 1.19 bits per heavy atom. The van der Waals surface area contributed by atoms with E-state index in [1.165, 1.54) is 10.0 Å². The van der Waals surface area contributed by atoms with Crippen molar-refractivity contribution < 1.29 is 14.4 Å². The highest BCUT2D eigenvalue weighted by Crippen LogP contribution is 2.26. The number of nitrogens with zero attached hydrogens (tertiary/aromatic N) is 2. The molecule has 1 saturated heterocycles. The van der Waals surface area contributed by atoms with Crippen LogP contribution in [-0.4, -0.2) is 39.7 Å². The second-order valence-corrected chi connectivity index (χ2v) is 5.81. The molecule has 0 bridgehead atoms. The molecular weight excluding hydrogens is 338 g/mol. The molecule has 0 radical (unpaired) electrons. The van der Waals surface area contributed by atoms with Gasteiger partial charge in [-0.05, 0) is 23.6 Å². The third-order valence-electron chi connectivity index (χ3n) is 3.66. The monoisotopic (exact) mass is 351 g/mol. The zero-order valence-electron chi connectivity index (χ0n) is 11.3. The van der Waals surface area contributed by atoms with Crippen molar-refractivity contribution in [3.05, 3.63) is 34.9 Å². The van der Waals surface area contributed by atoms with Crippen molar-refractivity contribution in [2.24, 2.45) is 0 Å². The minimum atomic E-state index is -0.534. The van der Waals surface area contributed by atoms with E-state index >= 15 is 0 Å². The lowest BCUT2D eigenvalue weighted by Gasteiger charge is -2.33. The van der Waals surface area contributed by atoms with E-state index in [1.54, 1.807) is 0 Å². The van der Waals surface area contributed by atoms with Crippen LogP contribution in [-0.2, 0) is 17.8 Å². The number of carbonyl (C=O) groups excluding carboxylic acids is 3. The molecule has 0 unspecified atom stereocenters. The van der Waals surface area contributed by atoms with Crippen molar-refractivity contribution in [3.8, 4) is 0 Å². The summed E-state index contributed by atoms with van der Waals surface area (Å²) in [5.41, 5.74) is 2.69. The molecule has 0 saturated carbocycles. The topological polar surface area (TPSA) is 69.7 Å². The molecule has 6 nitrogen and oxygen atoms in total. The predicted octanol–water partition coefficient (Wildman–Crippen LogP) is 1.44. The third-order valence-corrected chi connectivity index (χ3v) is 4.06. The molecule has 1 aromatic carbocycles. The van der Waals surface area contributed by atoms with Gasteiger partial charge in [-0.2, -0.15) is 0 Å². The number of carbonyl (C=O) groups is 3. The third kappa shape index (κ3) is 2.53. The summed E-state index contributed by atoms with van der Waals surface area (Å²) in [6.45, 7) is 0.602. The molecule has 3 rings (SSSR count). The molecule has 2 aliphatic heterocycles. The second-order valence-electron chi connectivity index (χ2n) is 5.02. The van der Waals surface area contributed by atoms with Gasteiger partial charge in [-0.25, -0.2) is 14.8 Å². The molecule has 2 heterocycles. The number of amides is 4. The number of imide groups is 1. The van der Waals surface area contributed by atoms with Crippen LogP contribution in [0, 0.1) is 0 Å². The van der Waals surface area contributed by atoms with Crippen LogP contribution in [0.5, 0.6) is 0 Å². The maximum Gasteiger partial charge on any atom is 0.342 e. The maximum absolute atomic E-state index is 12.4. The molecule has 0 spiro atoms. The first-order valence-corrected chi connectivity index (χ1v) is 7.83. The summed E-state index contributed by atoms with van der Waals surface area (Å²) in [6.07, 6.45) is 1.10. The maximum atomic E-state index is 12.4. The Morgan fingerprint density at radius 2 is 2.00 bits per heavy atom. The molecule has 1 aromatic rings. The highest BCUT2D eigenvalue weighted by molar-refractivity contribution is 9.09. The summed E-state index contributed by atoms with van der Waals surface area (Å²) in [5.74, 6) is -0.500. The first-order chi connectivity index (χ1) is 10.1. The number of hydrogen-bond acceptors (Lipinski definition) is 3. The van der Waals surface area contributed by atoms with E-state index in [2.05, 4.69) is 21.2 Å². The molecule has 1 fully saturated rings. The molecule has 4 amide bonds. The quantitative estimate of drug-likeness (QED) is 0.837. The number of rotatable bonds is 3. The van der Waals surface area contributed by atoms with Gasteiger partial charge in [0, 0.05) is 17.3 Å². The minimum Gasteiger partial charge on any atom is -0.276 e. The number of nitrogens with one attached hydrogen (secondary N) is 1. The van der Waals surface area contributed by atoms with Crippen molar-refractivity contribution in [3.63, 3.8) is 0 Å². The van der Waals surface area contributed by atoms with Crippen LogP contribution >= 0.6 is 15.9 Å². The molecule has 1 N–H and O–H groups in total. The van der Waals surface area contributed by atoms with E-state index in [1.807, 2.05) is 18.2 Å². The van der Waals surface area contributed by atoms with Crippen LogP contribution in [0.25, 0.3) is 0 Å². The zero-order chi connectivity index (χ0) is 15.0. The lowest BCUT2D eigenvalue weighted by Crippen LogP contribution is -2.56. The van der Waals surface area contributed by atoms with Crippen LogP contribution < -0.4 is 5.32 Å². The Hall–Kier alpha value is -1.89. The largest absolute Gasteiger partial charge is 0.342 e. The molecule has 7 heteroatoms. The fourth-order valence-electron chi connectivity index (χ4n) is 2.60. The van der Waals surface area contributed by atoms with Crippen LogP contribution in [0.1, 0.15) is 27.9 Å². The molecule has 2 aliphatic rings. The average molecular weight is 352 g/mol. The van der Waals surface area contributed by atoms with Gasteiger partial charge in [-0.1, -0.05) is 28.1 Å². The SMILES string of the molecule is O=C1CCN(N2Cc3cc(CCBr)ccc3C2=O)C(=O)N1. The predicted molar refractivity (Wildman–Crippen MR) is 78.7 cm³/mol. The first kappa shape index (κ1) is 14.1. The van der Waals surface area contributed by atoms with Crippen LogP contribution in [0.2, 0.25) is 0 Å². The van der Waals surface area contributed by atoms with E-state index in [-0.39, 0.29) is 24.8 Å². The summed E-state index contributed by atoms with van der Waals surface area (Å²) in [6, 6.07) is 5.21. The Balaban J connectivity index is 1.83. The Labute approximate surface area is 130 Å². The Morgan fingerprint density at radius 3 is 2.71 bits per heavy atom. The number of benzene rings is 1. The molecule has 0 aromatic heterocycles. The average Bonchev–Trinajstić information content (AvgIpc) is 2.76. The minimum absolute atomic E-state index is 0.195. The second kappa shape index (κ2) is 5.48. The number of alkyl halides is 1. The van der Waals surface area contributed by atoms with Crippen molar-refractivity contribution in [2.45, 2.75) is 19.4 Å². The van der Waals surface area contributed by atoms with Gasteiger partial charge in [0.1, 0.15) is 0 Å². The number of hydrogen-bond donors (Lipinski definition) is 1. The van der Waals surface area contributed by atoms with Gasteiger partial charge >= 0.3 is 6.03 Å². The van der Waals surface area contributed by atoms with E-state index in [0.717, 1.165) is 22.9 Å². The molecular formula is C14H14BrN3O3. The lowest BCUT2D eigenvalue weighted by atomic mass is 10.0. The van der Waals surface area contributed by atoms with Crippen LogP contribution in [0.4, 0.5) is 4.79 Å². The normalized spacial score (nSPS) is 18.0. The summed E-state index contributed by atoms with van der Waals surface area (Å²) in [5, 5.41) is 5.81. The van der Waals surface area contributed by atoms with Gasteiger partial charge in [0.15, 0.2) is 0 Å². The van der Waals surface area contributed by atoms with E-state index in [9.17, 15) is 14.4 Å². The molecule has 110 valence electrons. The molecule has 0 aliphatic carbocycles. The van der Waals surface area contributed by atoms with Gasteiger partial charge in [0.2, 0.25) is 5.91 Å². The fourth-order valence-corrected chi connectivity index (χ4v) is 3.06. The van der Waals surface area contributed by atoms with Gasteiger partial charge < -0.3 is 0 Å². The lowest BCUT2D eigenvalue weighted by molar-refractivity contribution is -0.123. The van der Waals surface area contributed by atoms with Crippen molar-refractivity contribution in [1.29, 1.82) is 0 Å². The number of fused-ring (bicyclic) bond motifs is 1. The fraction of sp³-hybridized carbons (Fsp3) is 0.357. The zero-order valence-corrected chi connectivity index (χ0v) is 12.9. The van der Waals surface area contributed by atoms with Crippen molar-refractivity contribution in [2.75, 3.05) is 11.9 Å². The molecule has 21 heavy (non-hydrogen) atoms. The highest BCUT2D eigenvalue weighted by Gasteiger charge is 2.36. The van der Waals surface area contributed by atoms with Gasteiger partial charge in [0.25, 0.3) is 5.91 Å². The summed E-state index contributed by atoms with van der Waals surface area (Å²) >= 11 is 3.40. The van der Waals surface area contributed by atoms with E-state index in [4.69, 9.17) is 0 Å². The smallest absolute Gasteiger partial charge is 0.276 e. The van der Waals surface area contributed by atoms with Crippen molar-refractivity contribution >= 4 is 33.8 Å². The van der Waals surface area contributed by atoms with E-state index < -0.39 is 6.03 Å². The summed E-state index contributed by atoms with van der Waals surface area (Å²) < 4.78 is 0. The highest BCUT2D eigenvalue weighted by atomic mass is 79.9. The number of hydrazine groups is 1. The summed E-state index contributed by atoms with van der Waals surface area (Å²) in [4.78, 5) is 35.4. The van der Waals surface area contributed by atoms with Gasteiger partial charge in [-0.15, -0.1) is 0 Å². The van der Waals surface area contributed by atoms with Crippen molar-refractivity contribution in [1.82, 2.24) is 15.3 Å². The standard InChI is InChI=1S/C14H14BrN3O3/c15-5-3-9-1-2-11-10(7-9)8-18(13(11)20)17-6-4-12(19)16-14(17)21/h1-2,7H,3-6,8H2,(H,16,19,21). The number of aryl methyl sites for hydroxylation is 1.